The van der Waals surface area contributed by atoms with Gasteiger partial charge in [0.05, 0.1) is 11.8 Å². The Balaban J connectivity index is 1.32. The van der Waals surface area contributed by atoms with Gasteiger partial charge in [-0.3, -0.25) is 9.59 Å². The van der Waals surface area contributed by atoms with Crippen LogP contribution in [0.2, 0.25) is 0 Å². The Hall–Kier alpha value is -1.88. The second-order valence-electron chi connectivity index (χ2n) is 7.49. The Morgan fingerprint density at radius 3 is 2.24 bits per heavy atom. The highest BCUT2D eigenvalue weighted by molar-refractivity contribution is 5.92. The predicted octanol–water partition coefficient (Wildman–Crippen LogP) is 1.37. The van der Waals surface area contributed by atoms with Crippen LogP contribution in [0.1, 0.15) is 24.5 Å². The minimum atomic E-state index is -0.0815. The van der Waals surface area contributed by atoms with Crippen LogP contribution in [-0.2, 0) is 22.6 Å². The van der Waals surface area contributed by atoms with E-state index in [4.69, 9.17) is 0 Å². The molecule has 2 unspecified atom stereocenters. The molecule has 2 amide bonds. The molecule has 0 radical (unpaired) electrons. The van der Waals surface area contributed by atoms with Gasteiger partial charge >= 0.3 is 0 Å². The van der Waals surface area contributed by atoms with Crippen molar-refractivity contribution < 1.29 is 9.59 Å². The van der Waals surface area contributed by atoms with Gasteiger partial charge < -0.3 is 14.7 Å². The van der Waals surface area contributed by atoms with Crippen LogP contribution in [0.25, 0.3) is 0 Å². The third-order valence-electron chi connectivity index (χ3n) is 6.00. The van der Waals surface area contributed by atoms with E-state index < -0.39 is 0 Å². The van der Waals surface area contributed by atoms with Crippen LogP contribution < -0.4 is 0 Å². The summed E-state index contributed by atoms with van der Waals surface area (Å²) in [7, 11) is 0. The van der Waals surface area contributed by atoms with Gasteiger partial charge in [-0.15, -0.1) is 0 Å². The smallest absolute Gasteiger partial charge is 0.226 e. The molecule has 25 heavy (non-hydrogen) atoms. The first-order valence-corrected chi connectivity index (χ1v) is 9.54. The van der Waals surface area contributed by atoms with E-state index in [1.807, 2.05) is 15.9 Å². The zero-order valence-electron chi connectivity index (χ0n) is 15.0. The van der Waals surface area contributed by atoms with E-state index in [1.165, 1.54) is 11.1 Å². The van der Waals surface area contributed by atoms with E-state index in [0.29, 0.717) is 6.54 Å². The normalized spacial score (nSPS) is 26.3. The second-order valence-corrected chi connectivity index (χ2v) is 7.49. The number of benzene rings is 1. The highest BCUT2D eigenvalue weighted by atomic mass is 16.2. The second kappa shape index (κ2) is 6.79. The number of piperazine rings is 1. The largest absolute Gasteiger partial charge is 0.340 e. The molecule has 1 aromatic rings. The minimum absolute atomic E-state index is 0.0714. The zero-order chi connectivity index (χ0) is 17.4. The van der Waals surface area contributed by atoms with E-state index in [2.05, 4.69) is 30.0 Å². The molecule has 0 N–H and O–H groups in total. The van der Waals surface area contributed by atoms with E-state index in [-0.39, 0.29) is 23.7 Å². The summed E-state index contributed by atoms with van der Waals surface area (Å²) in [6, 6.07) is 8.35. The average molecular weight is 341 g/mol. The van der Waals surface area contributed by atoms with Crippen LogP contribution in [0.4, 0.5) is 0 Å². The van der Waals surface area contributed by atoms with Crippen LogP contribution in [0.5, 0.6) is 0 Å². The van der Waals surface area contributed by atoms with Crippen molar-refractivity contribution in [2.45, 2.75) is 26.3 Å². The van der Waals surface area contributed by atoms with Crippen LogP contribution in [0.15, 0.2) is 24.3 Å². The first-order chi connectivity index (χ1) is 12.2. The molecule has 1 saturated carbocycles. The van der Waals surface area contributed by atoms with Gasteiger partial charge in [0, 0.05) is 39.3 Å². The molecule has 2 atom stereocenters. The van der Waals surface area contributed by atoms with Gasteiger partial charge in [-0.05, 0) is 30.5 Å². The van der Waals surface area contributed by atoms with Crippen molar-refractivity contribution in [3.63, 3.8) is 0 Å². The molecule has 1 aromatic carbocycles. The summed E-state index contributed by atoms with van der Waals surface area (Å²) in [5.41, 5.74) is 2.60. The highest BCUT2D eigenvalue weighted by Crippen LogP contribution is 2.42. The summed E-state index contributed by atoms with van der Waals surface area (Å²) in [6.07, 6.45) is 1.66. The molecule has 1 aliphatic carbocycles. The number of hydrogen-bond acceptors (Lipinski definition) is 3. The lowest BCUT2D eigenvalue weighted by atomic mass is 9.99. The van der Waals surface area contributed by atoms with Gasteiger partial charge in [0.15, 0.2) is 0 Å². The summed E-state index contributed by atoms with van der Waals surface area (Å²) in [6.45, 7) is 8.20. The maximum absolute atomic E-state index is 12.8. The molecule has 0 aromatic heterocycles. The van der Waals surface area contributed by atoms with Crippen molar-refractivity contribution in [2.24, 2.45) is 11.8 Å². The fourth-order valence-electron chi connectivity index (χ4n) is 4.18. The molecule has 3 aliphatic rings. The van der Waals surface area contributed by atoms with E-state index >= 15 is 0 Å². The number of hydrogen-bond donors (Lipinski definition) is 0. The van der Waals surface area contributed by atoms with Crippen LogP contribution in [0.3, 0.4) is 0 Å². The molecule has 5 nitrogen and oxygen atoms in total. The van der Waals surface area contributed by atoms with Crippen molar-refractivity contribution in [3.05, 3.63) is 35.4 Å². The Bertz CT molecular complexity index is 667. The predicted molar refractivity (Wildman–Crippen MR) is 95.9 cm³/mol. The summed E-state index contributed by atoms with van der Waals surface area (Å²) in [5, 5.41) is 0. The van der Waals surface area contributed by atoms with Crippen molar-refractivity contribution in [1.29, 1.82) is 0 Å². The monoisotopic (exact) mass is 341 g/mol. The molecule has 0 bridgehead atoms. The molecule has 5 heteroatoms. The lowest BCUT2D eigenvalue weighted by molar-refractivity contribution is -0.139. The Kier molecular flexibility index (Phi) is 4.50. The number of amides is 2. The molecule has 2 fully saturated rings. The SMILES string of the molecule is CCN1CCN(C(=O)C2CC2C(=O)N2CCc3ccccc3C2)CC1. The zero-order valence-corrected chi connectivity index (χ0v) is 15.0. The molecule has 0 spiro atoms. The van der Waals surface area contributed by atoms with Crippen LogP contribution in [0, 0.1) is 11.8 Å². The Morgan fingerprint density at radius 2 is 1.56 bits per heavy atom. The molecule has 2 heterocycles. The van der Waals surface area contributed by atoms with Crippen molar-refractivity contribution in [1.82, 2.24) is 14.7 Å². The molecular formula is C20H27N3O2. The third kappa shape index (κ3) is 3.30. The van der Waals surface area contributed by atoms with Gasteiger partial charge in [0.2, 0.25) is 11.8 Å². The van der Waals surface area contributed by atoms with E-state index in [0.717, 1.165) is 52.1 Å². The van der Waals surface area contributed by atoms with Gasteiger partial charge in [-0.2, -0.15) is 0 Å². The number of carbonyl (C=O) groups excluding carboxylic acids is 2. The fourth-order valence-corrected chi connectivity index (χ4v) is 4.18. The molecular weight excluding hydrogens is 314 g/mol. The highest BCUT2D eigenvalue weighted by Gasteiger charge is 2.51. The number of fused-ring (bicyclic) bond motifs is 1. The van der Waals surface area contributed by atoms with Gasteiger partial charge in [0.1, 0.15) is 0 Å². The molecule has 1 saturated heterocycles. The van der Waals surface area contributed by atoms with Gasteiger partial charge in [-0.1, -0.05) is 31.2 Å². The van der Waals surface area contributed by atoms with E-state index in [9.17, 15) is 9.59 Å². The Morgan fingerprint density at radius 1 is 0.920 bits per heavy atom. The van der Waals surface area contributed by atoms with Crippen molar-refractivity contribution >= 4 is 11.8 Å². The maximum atomic E-state index is 12.8. The number of carbonyl (C=O) groups is 2. The number of nitrogens with zero attached hydrogens (tertiary/aromatic N) is 3. The summed E-state index contributed by atoms with van der Waals surface area (Å²) >= 11 is 0. The number of rotatable bonds is 3. The third-order valence-corrected chi connectivity index (χ3v) is 6.00. The minimum Gasteiger partial charge on any atom is -0.340 e. The topological polar surface area (TPSA) is 43.9 Å². The summed E-state index contributed by atoms with van der Waals surface area (Å²) in [5.74, 6) is 0.228. The first-order valence-electron chi connectivity index (χ1n) is 9.54. The summed E-state index contributed by atoms with van der Waals surface area (Å²) in [4.78, 5) is 31.8. The molecule has 4 rings (SSSR count). The van der Waals surface area contributed by atoms with Crippen LogP contribution in [-0.4, -0.2) is 65.8 Å². The lowest BCUT2D eigenvalue weighted by Gasteiger charge is -2.34. The van der Waals surface area contributed by atoms with Crippen molar-refractivity contribution in [2.75, 3.05) is 39.3 Å². The quantitative estimate of drug-likeness (QED) is 0.834. The maximum Gasteiger partial charge on any atom is 0.226 e. The number of likely N-dealkylation sites (N-methyl/N-ethyl adjacent to an activating group) is 1. The van der Waals surface area contributed by atoms with Gasteiger partial charge in [0.25, 0.3) is 0 Å². The standard InChI is InChI=1S/C20H27N3O2/c1-2-21-9-11-22(12-10-21)19(24)17-13-18(17)20(25)23-8-7-15-5-3-4-6-16(15)14-23/h3-6,17-18H,2,7-14H2,1H3. The average Bonchev–Trinajstić information content (AvgIpc) is 3.47. The van der Waals surface area contributed by atoms with Crippen LogP contribution >= 0.6 is 0 Å². The summed E-state index contributed by atoms with van der Waals surface area (Å²) < 4.78 is 0. The molecule has 2 aliphatic heterocycles. The fraction of sp³-hybridized carbons (Fsp3) is 0.600. The first kappa shape index (κ1) is 16.6. The van der Waals surface area contributed by atoms with E-state index in [1.54, 1.807) is 0 Å². The Labute approximate surface area is 149 Å². The lowest BCUT2D eigenvalue weighted by Crippen LogP contribution is -2.49. The van der Waals surface area contributed by atoms with Gasteiger partial charge in [-0.25, -0.2) is 0 Å². The van der Waals surface area contributed by atoms with Crippen molar-refractivity contribution in [3.8, 4) is 0 Å². The molecule has 134 valence electrons.